The van der Waals surface area contributed by atoms with Crippen LogP contribution in [0.4, 0.5) is 5.82 Å². The lowest BCUT2D eigenvalue weighted by atomic mass is 10.2. The lowest BCUT2D eigenvalue weighted by Crippen LogP contribution is -2.34. The molecular formula is C13H17ClN4O2. The molecule has 0 saturated heterocycles. The normalized spacial score (nSPS) is 9.90. The fourth-order valence-electron chi connectivity index (χ4n) is 1.63. The van der Waals surface area contributed by atoms with Crippen molar-refractivity contribution in [1.29, 1.82) is 5.26 Å². The fourth-order valence-corrected chi connectivity index (χ4v) is 1.84. The van der Waals surface area contributed by atoms with Gasteiger partial charge in [0.15, 0.2) is 0 Å². The highest BCUT2D eigenvalue weighted by Gasteiger charge is 2.16. The number of pyridine rings is 1. The molecule has 0 spiro atoms. The number of methoxy groups -OCH3 is 1. The van der Waals surface area contributed by atoms with Crippen LogP contribution in [0, 0.1) is 11.3 Å². The molecule has 0 unspecified atom stereocenters. The number of carbonyl (C=O) groups excluding carboxylic acids is 1. The van der Waals surface area contributed by atoms with Crippen LogP contribution in [0.2, 0.25) is 5.15 Å². The molecule has 0 aromatic carbocycles. The first-order chi connectivity index (χ1) is 9.62. The van der Waals surface area contributed by atoms with Gasteiger partial charge in [0.1, 0.15) is 11.0 Å². The number of amides is 1. The molecule has 0 fully saturated rings. The molecule has 6 nitrogen and oxygen atoms in total. The van der Waals surface area contributed by atoms with E-state index >= 15 is 0 Å². The average molecular weight is 297 g/mol. The Bertz CT molecular complexity index is 502. The number of halogens is 1. The molecule has 1 heterocycles. The van der Waals surface area contributed by atoms with Crippen molar-refractivity contribution in [2.24, 2.45) is 0 Å². The minimum Gasteiger partial charge on any atom is -0.383 e. The molecule has 0 aliphatic rings. The molecule has 0 saturated carbocycles. The third-order valence-corrected chi connectivity index (χ3v) is 2.84. The van der Waals surface area contributed by atoms with Crippen LogP contribution in [0.3, 0.4) is 0 Å². The topological polar surface area (TPSA) is 78.2 Å². The molecule has 0 bridgehead atoms. The van der Waals surface area contributed by atoms with E-state index in [9.17, 15) is 4.79 Å². The Morgan fingerprint density at radius 2 is 2.30 bits per heavy atom. The summed E-state index contributed by atoms with van der Waals surface area (Å²) in [5.74, 6) is 0.325. The summed E-state index contributed by atoms with van der Waals surface area (Å²) in [6, 6.07) is 5.17. The van der Waals surface area contributed by atoms with Gasteiger partial charge in [0.05, 0.1) is 19.1 Å². The zero-order valence-electron chi connectivity index (χ0n) is 11.5. The van der Waals surface area contributed by atoms with Crippen molar-refractivity contribution in [3.8, 4) is 6.07 Å². The second-order valence-corrected chi connectivity index (χ2v) is 4.39. The van der Waals surface area contributed by atoms with Gasteiger partial charge in [-0.2, -0.15) is 5.26 Å². The Balaban J connectivity index is 2.92. The zero-order valence-corrected chi connectivity index (χ0v) is 12.3. The van der Waals surface area contributed by atoms with Crippen molar-refractivity contribution in [2.75, 3.05) is 39.2 Å². The number of ether oxygens (including phenoxy) is 1. The number of nitrogens with one attached hydrogen (secondary N) is 1. The van der Waals surface area contributed by atoms with Crippen LogP contribution in [0.25, 0.3) is 0 Å². The first kappa shape index (κ1) is 16.2. The Labute approximate surface area is 123 Å². The monoisotopic (exact) mass is 296 g/mol. The molecule has 0 atom stereocenters. The second kappa shape index (κ2) is 8.35. The van der Waals surface area contributed by atoms with Gasteiger partial charge >= 0.3 is 0 Å². The lowest BCUT2D eigenvalue weighted by Gasteiger charge is -2.21. The third kappa shape index (κ3) is 4.68. The van der Waals surface area contributed by atoms with Crippen molar-refractivity contribution >= 4 is 23.3 Å². The summed E-state index contributed by atoms with van der Waals surface area (Å²) in [6.45, 7) is 1.19. The first-order valence-electron chi connectivity index (χ1n) is 6.13. The summed E-state index contributed by atoms with van der Waals surface area (Å²) < 4.78 is 4.98. The van der Waals surface area contributed by atoms with Gasteiger partial charge in [-0.3, -0.25) is 4.79 Å². The van der Waals surface area contributed by atoms with Crippen molar-refractivity contribution in [2.45, 2.75) is 6.42 Å². The van der Waals surface area contributed by atoms with Crippen LogP contribution in [-0.4, -0.2) is 49.6 Å². The minimum atomic E-state index is -0.196. The van der Waals surface area contributed by atoms with Gasteiger partial charge in [-0.05, 0) is 12.1 Å². The second-order valence-electron chi connectivity index (χ2n) is 4.01. The number of hydrogen-bond acceptors (Lipinski definition) is 5. The number of carbonyl (C=O) groups is 1. The molecular weight excluding hydrogens is 280 g/mol. The summed E-state index contributed by atoms with van der Waals surface area (Å²) in [5, 5.41) is 11.7. The predicted molar refractivity (Wildman–Crippen MR) is 76.8 cm³/mol. The van der Waals surface area contributed by atoms with E-state index in [0.29, 0.717) is 31.1 Å². The average Bonchev–Trinajstić information content (AvgIpc) is 2.46. The number of nitriles is 1. The Hall–Kier alpha value is -1.84. The lowest BCUT2D eigenvalue weighted by molar-refractivity contribution is 0.0700. The van der Waals surface area contributed by atoms with Gasteiger partial charge in [-0.15, -0.1) is 0 Å². The largest absolute Gasteiger partial charge is 0.383 e. The van der Waals surface area contributed by atoms with Crippen LogP contribution in [0.15, 0.2) is 12.1 Å². The summed E-state index contributed by atoms with van der Waals surface area (Å²) in [7, 11) is 3.26. The molecule has 1 rings (SSSR count). The maximum Gasteiger partial charge on any atom is 0.254 e. The summed E-state index contributed by atoms with van der Waals surface area (Å²) >= 11 is 5.89. The predicted octanol–water partition coefficient (Wildman–Crippen LogP) is 1.78. The van der Waals surface area contributed by atoms with Crippen molar-refractivity contribution in [1.82, 2.24) is 9.88 Å². The Kier molecular flexibility index (Phi) is 6.77. The maximum absolute atomic E-state index is 12.4. The van der Waals surface area contributed by atoms with Crippen LogP contribution in [0.1, 0.15) is 16.8 Å². The van der Waals surface area contributed by atoms with Gasteiger partial charge in [0.2, 0.25) is 0 Å². The van der Waals surface area contributed by atoms with E-state index in [-0.39, 0.29) is 17.5 Å². The quantitative estimate of drug-likeness (QED) is 0.776. The Morgan fingerprint density at radius 1 is 1.55 bits per heavy atom. The standard InChI is InChI=1S/C13H17ClN4O2/c1-16-12-9-10(8-11(14)17-12)13(19)18(5-3-4-15)6-7-20-2/h8-9H,3,5-7H2,1-2H3,(H,16,17). The van der Waals surface area contributed by atoms with Crippen molar-refractivity contribution in [3.63, 3.8) is 0 Å². The summed E-state index contributed by atoms with van der Waals surface area (Å²) in [4.78, 5) is 18.0. The van der Waals surface area contributed by atoms with Gasteiger partial charge in [0.25, 0.3) is 5.91 Å². The smallest absolute Gasteiger partial charge is 0.254 e. The first-order valence-corrected chi connectivity index (χ1v) is 6.50. The van der Waals surface area contributed by atoms with E-state index in [1.807, 2.05) is 6.07 Å². The molecule has 1 aromatic rings. The molecule has 7 heteroatoms. The zero-order chi connectivity index (χ0) is 15.0. The number of aromatic nitrogens is 1. The highest BCUT2D eigenvalue weighted by molar-refractivity contribution is 6.29. The van der Waals surface area contributed by atoms with Gasteiger partial charge in [-0.1, -0.05) is 11.6 Å². The molecule has 1 N–H and O–H groups in total. The van der Waals surface area contributed by atoms with Crippen LogP contribution in [-0.2, 0) is 4.74 Å². The van der Waals surface area contributed by atoms with Gasteiger partial charge in [-0.25, -0.2) is 4.98 Å². The number of hydrogen-bond donors (Lipinski definition) is 1. The fraction of sp³-hybridized carbons (Fsp3) is 0.462. The van der Waals surface area contributed by atoms with E-state index in [2.05, 4.69) is 10.3 Å². The van der Waals surface area contributed by atoms with E-state index in [1.165, 1.54) is 6.07 Å². The van der Waals surface area contributed by atoms with E-state index in [1.54, 1.807) is 25.1 Å². The third-order valence-electron chi connectivity index (χ3n) is 2.64. The minimum absolute atomic E-state index is 0.196. The maximum atomic E-state index is 12.4. The SMILES string of the molecule is CNc1cc(C(=O)N(CCC#N)CCOC)cc(Cl)n1. The van der Waals surface area contributed by atoms with Crippen molar-refractivity contribution in [3.05, 3.63) is 22.8 Å². The van der Waals surface area contributed by atoms with E-state index in [4.69, 9.17) is 21.6 Å². The van der Waals surface area contributed by atoms with Crippen molar-refractivity contribution < 1.29 is 9.53 Å². The highest BCUT2D eigenvalue weighted by Crippen LogP contribution is 2.16. The molecule has 108 valence electrons. The van der Waals surface area contributed by atoms with Gasteiger partial charge < -0.3 is 15.0 Å². The molecule has 0 aliphatic heterocycles. The number of anilines is 1. The molecule has 1 aromatic heterocycles. The Morgan fingerprint density at radius 3 is 2.90 bits per heavy atom. The van der Waals surface area contributed by atoms with Crippen LogP contribution >= 0.6 is 11.6 Å². The molecule has 0 radical (unpaired) electrons. The highest BCUT2D eigenvalue weighted by atomic mass is 35.5. The summed E-state index contributed by atoms with van der Waals surface area (Å²) in [5.41, 5.74) is 0.434. The van der Waals surface area contributed by atoms with Gasteiger partial charge in [0, 0.05) is 32.8 Å². The van der Waals surface area contributed by atoms with Crippen LogP contribution < -0.4 is 5.32 Å². The molecule has 20 heavy (non-hydrogen) atoms. The van der Waals surface area contributed by atoms with E-state index in [0.717, 1.165) is 0 Å². The number of rotatable bonds is 7. The molecule has 0 aliphatic carbocycles. The summed E-state index contributed by atoms with van der Waals surface area (Å²) in [6.07, 6.45) is 0.271. The molecule has 1 amide bonds. The number of nitrogens with zero attached hydrogens (tertiary/aromatic N) is 3. The van der Waals surface area contributed by atoms with E-state index < -0.39 is 0 Å². The van der Waals surface area contributed by atoms with Crippen LogP contribution in [0.5, 0.6) is 0 Å².